The Labute approximate surface area is 132 Å². The summed E-state index contributed by atoms with van der Waals surface area (Å²) in [6.07, 6.45) is 10.6. The van der Waals surface area contributed by atoms with Crippen LogP contribution < -0.4 is 0 Å². The summed E-state index contributed by atoms with van der Waals surface area (Å²) in [5, 5.41) is 1.52. The van der Waals surface area contributed by atoms with Crippen LogP contribution in [0.15, 0.2) is 23.2 Å². The Kier molecular flexibility index (Phi) is 2.92. The van der Waals surface area contributed by atoms with Crippen LogP contribution in [0.4, 0.5) is 0 Å². The van der Waals surface area contributed by atoms with E-state index in [2.05, 4.69) is 22.8 Å². The molecule has 0 amide bonds. The molecule has 0 unspecified atom stereocenters. The summed E-state index contributed by atoms with van der Waals surface area (Å²) in [4.78, 5) is 5.05. The van der Waals surface area contributed by atoms with Crippen LogP contribution in [0.2, 0.25) is 0 Å². The van der Waals surface area contributed by atoms with E-state index in [-0.39, 0.29) is 0 Å². The molecule has 1 aromatic carbocycles. The average Bonchev–Trinajstić information content (AvgIpc) is 2.93. The van der Waals surface area contributed by atoms with Crippen LogP contribution in [0.3, 0.4) is 0 Å². The Balaban J connectivity index is 1.74. The third-order valence-electron chi connectivity index (χ3n) is 5.98. The lowest BCUT2D eigenvalue weighted by molar-refractivity contribution is 0.436. The van der Waals surface area contributed by atoms with Crippen molar-refractivity contribution in [2.75, 3.05) is 6.54 Å². The first-order valence-electron chi connectivity index (χ1n) is 9.11. The molecule has 0 N–H and O–H groups in total. The van der Waals surface area contributed by atoms with Gasteiger partial charge in [0.05, 0.1) is 16.9 Å². The molecule has 1 fully saturated rings. The molecule has 0 saturated heterocycles. The summed E-state index contributed by atoms with van der Waals surface area (Å²) in [6, 6.07) is 6.95. The number of hydrogen-bond acceptors (Lipinski definition) is 1. The van der Waals surface area contributed by atoms with Crippen LogP contribution in [0.25, 0.3) is 10.9 Å². The van der Waals surface area contributed by atoms with E-state index in [0.717, 1.165) is 18.9 Å². The molecule has 0 spiro atoms. The van der Waals surface area contributed by atoms with Gasteiger partial charge in [-0.15, -0.1) is 0 Å². The first-order chi connectivity index (χ1) is 10.9. The van der Waals surface area contributed by atoms with Crippen molar-refractivity contribution < 1.29 is 0 Å². The van der Waals surface area contributed by atoms with E-state index in [9.17, 15) is 0 Å². The molecule has 1 aliphatic carbocycles. The quantitative estimate of drug-likeness (QED) is 0.735. The Hall–Kier alpha value is -1.57. The van der Waals surface area contributed by atoms with E-state index in [1.54, 1.807) is 11.1 Å². The maximum absolute atomic E-state index is 5.05. The number of para-hydroxylation sites is 1. The zero-order valence-corrected chi connectivity index (χ0v) is 13.3. The predicted octanol–water partition coefficient (Wildman–Crippen LogP) is 4.51. The highest BCUT2D eigenvalue weighted by molar-refractivity contribution is 6.08. The van der Waals surface area contributed by atoms with Crippen LogP contribution in [-0.4, -0.2) is 16.8 Å². The van der Waals surface area contributed by atoms with Crippen molar-refractivity contribution in [2.24, 2.45) is 10.9 Å². The smallest absolute Gasteiger partial charge is 0.0668 e. The minimum atomic E-state index is 0.721. The normalized spacial score (nSPS) is 21.7. The van der Waals surface area contributed by atoms with Gasteiger partial charge in [0.25, 0.3) is 0 Å². The van der Waals surface area contributed by atoms with Crippen molar-refractivity contribution in [1.82, 2.24) is 4.57 Å². The second-order valence-electron chi connectivity index (χ2n) is 7.25. The second kappa shape index (κ2) is 4.97. The summed E-state index contributed by atoms with van der Waals surface area (Å²) in [6.45, 7) is 2.19. The molecule has 22 heavy (non-hydrogen) atoms. The van der Waals surface area contributed by atoms with Gasteiger partial charge in [-0.25, -0.2) is 0 Å². The molecule has 2 aromatic rings. The van der Waals surface area contributed by atoms with E-state index in [1.807, 2.05) is 0 Å². The van der Waals surface area contributed by atoms with Crippen LogP contribution in [-0.2, 0) is 19.4 Å². The van der Waals surface area contributed by atoms with Crippen molar-refractivity contribution in [3.63, 3.8) is 0 Å². The monoisotopic (exact) mass is 292 g/mol. The van der Waals surface area contributed by atoms with E-state index in [1.165, 1.54) is 73.8 Å². The van der Waals surface area contributed by atoms with Gasteiger partial charge in [-0.3, -0.25) is 4.99 Å². The number of aliphatic imine (C=N–C) groups is 1. The molecule has 5 rings (SSSR count). The largest absolute Gasteiger partial charge is 0.339 e. The summed E-state index contributed by atoms with van der Waals surface area (Å²) in [7, 11) is 0. The Bertz CT molecular complexity index is 760. The van der Waals surface area contributed by atoms with Crippen LogP contribution in [0, 0.1) is 5.92 Å². The maximum atomic E-state index is 5.05. The summed E-state index contributed by atoms with van der Waals surface area (Å²) >= 11 is 0. The van der Waals surface area contributed by atoms with E-state index < -0.39 is 0 Å². The molecule has 1 aromatic heterocycles. The number of hydrogen-bond donors (Lipinski definition) is 0. The SMILES string of the molecule is c1cc2c3c(c1)c1c(n3CCC2)C(C2CCCCC2)=NCC1. The fourth-order valence-electron chi connectivity index (χ4n) is 5.02. The van der Waals surface area contributed by atoms with Gasteiger partial charge in [0.15, 0.2) is 0 Å². The highest BCUT2D eigenvalue weighted by atomic mass is 15.0. The maximum Gasteiger partial charge on any atom is 0.0668 e. The van der Waals surface area contributed by atoms with Gasteiger partial charge in [0.2, 0.25) is 0 Å². The van der Waals surface area contributed by atoms with Crippen molar-refractivity contribution in [1.29, 1.82) is 0 Å². The second-order valence-corrected chi connectivity index (χ2v) is 7.25. The van der Waals surface area contributed by atoms with Gasteiger partial charge in [0.1, 0.15) is 0 Å². The van der Waals surface area contributed by atoms with Gasteiger partial charge in [-0.05, 0) is 43.2 Å². The van der Waals surface area contributed by atoms with Gasteiger partial charge in [-0.2, -0.15) is 0 Å². The molecule has 3 aliphatic rings. The van der Waals surface area contributed by atoms with E-state index in [4.69, 9.17) is 4.99 Å². The Morgan fingerprint density at radius 3 is 2.82 bits per heavy atom. The van der Waals surface area contributed by atoms with E-state index in [0.29, 0.717) is 0 Å². The lowest BCUT2D eigenvalue weighted by atomic mass is 9.82. The fourth-order valence-corrected chi connectivity index (χ4v) is 5.02. The molecular formula is C20H24N2. The number of nitrogens with zero attached hydrogens (tertiary/aromatic N) is 2. The van der Waals surface area contributed by atoms with Crippen molar-refractivity contribution >= 4 is 16.6 Å². The zero-order chi connectivity index (χ0) is 14.5. The highest BCUT2D eigenvalue weighted by Crippen LogP contribution is 2.38. The van der Waals surface area contributed by atoms with Crippen LogP contribution in [0.5, 0.6) is 0 Å². The van der Waals surface area contributed by atoms with Gasteiger partial charge in [0, 0.05) is 24.4 Å². The molecule has 3 heterocycles. The molecular weight excluding hydrogens is 268 g/mol. The number of benzene rings is 1. The first-order valence-corrected chi connectivity index (χ1v) is 9.11. The number of fused-ring (bicyclic) bond motifs is 3. The number of aryl methyl sites for hydroxylation is 2. The number of rotatable bonds is 1. The van der Waals surface area contributed by atoms with E-state index >= 15 is 0 Å². The van der Waals surface area contributed by atoms with Gasteiger partial charge < -0.3 is 4.57 Å². The third kappa shape index (κ3) is 1.76. The average molecular weight is 292 g/mol. The molecule has 114 valence electrons. The lowest BCUT2D eigenvalue weighted by Gasteiger charge is -2.28. The summed E-state index contributed by atoms with van der Waals surface area (Å²) in [5.41, 5.74) is 7.69. The molecule has 0 radical (unpaired) electrons. The fraction of sp³-hybridized carbons (Fsp3) is 0.550. The van der Waals surface area contributed by atoms with Gasteiger partial charge >= 0.3 is 0 Å². The standard InChI is InChI=1S/C20H24N2/c1-2-6-14(7-3-1)18-20-17(11-12-21-18)16-10-4-8-15-9-5-13-22(20)19(15)16/h4,8,10,14H,1-3,5-7,9,11-13H2. The van der Waals surface area contributed by atoms with Crippen LogP contribution >= 0.6 is 0 Å². The molecule has 0 bridgehead atoms. The highest BCUT2D eigenvalue weighted by Gasteiger charge is 2.30. The van der Waals surface area contributed by atoms with Crippen molar-refractivity contribution in [2.45, 2.75) is 57.9 Å². The topological polar surface area (TPSA) is 17.3 Å². The minimum absolute atomic E-state index is 0.721. The predicted molar refractivity (Wildman–Crippen MR) is 91.9 cm³/mol. The van der Waals surface area contributed by atoms with Crippen LogP contribution in [0.1, 0.15) is 55.3 Å². The summed E-state index contributed by atoms with van der Waals surface area (Å²) < 4.78 is 2.64. The van der Waals surface area contributed by atoms with Gasteiger partial charge in [-0.1, -0.05) is 37.5 Å². The Morgan fingerprint density at radius 2 is 1.91 bits per heavy atom. The number of aromatic nitrogens is 1. The minimum Gasteiger partial charge on any atom is -0.339 e. The molecule has 0 atom stereocenters. The van der Waals surface area contributed by atoms with Crippen molar-refractivity contribution in [3.8, 4) is 0 Å². The lowest BCUT2D eigenvalue weighted by Crippen LogP contribution is -2.26. The molecule has 2 nitrogen and oxygen atoms in total. The summed E-state index contributed by atoms with van der Waals surface area (Å²) in [5.74, 6) is 0.721. The third-order valence-corrected chi connectivity index (χ3v) is 5.98. The zero-order valence-electron chi connectivity index (χ0n) is 13.3. The molecule has 2 heteroatoms. The first kappa shape index (κ1) is 12.9. The Morgan fingerprint density at radius 1 is 1.00 bits per heavy atom. The molecule has 2 aliphatic heterocycles. The molecule has 1 saturated carbocycles. The van der Waals surface area contributed by atoms with Crippen molar-refractivity contribution in [3.05, 3.63) is 35.0 Å².